The summed E-state index contributed by atoms with van der Waals surface area (Å²) in [4.78, 5) is 13.7. The van der Waals surface area contributed by atoms with Crippen LogP contribution in [0.3, 0.4) is 0 Å². The van der Waals surface area contributed by atoms with Gasteiger partial charge in [-0.2, -0.15) is 0 Å². The van der Waals surface area contributed by atoms with Gasteiger partial charge in [0, 0.05) is 12.6 Å². The highest BCUT2D eigenvalue weighted by atomic mass is 16.6. The molecule has 5 nitrogen and oxygen atoms in total. The van der Waals surface area contributed by atoms with E-state index in [1.54, 1.807) is 0 Å². The lowest BCUT2D eigenvalue weighted by Crippen LogP contribution is -2.42. The van der Waals surface area contributed by atoms with Crippen LogP contribution in [0.25, 0.3) is 0 Å². The van der Waals surface area contributed by atoms with Crippen molar-refractivity contribution < 1.29 is 9.42 Å². The first kappa shape index (κ1) is 9.18. The average Bonchev–Trinajstić information content (AvgIpc) is 2.70. The molecule has 0 spiro atoms. The Morgan fingerprint density at radius 2 is 2.50 bits per heavy atom. The van der Waals surface area contributed by atoms with E-state index in [0.717, 1.165) is 19.4 Å². The third kappa shape index (κ3) is 1.62. The summed E-state index contributed by atoms with van der Waals surface area (Å²) in [6.07, 6.45) is 4.70. The smallest absolute Gasteiger partial charge is 0.278 e. The summed E-state index contributed by atoms with van der Waals surface area (Å²) in [5, 5.41) is 6.98. The molecule has 0 saturated carbocycles. The number of carbonyl (C=O) groups excluding carboxylic acids is 1. The fourth-order valence-electron chi connectivity index (χ4n) is 1.81. The third-order valence-corrected chi connectivity index (χ3v) is 2.64. The largest absolute Gasteiger partial charge is 0.334 e. The predicted molar refractivity (Wildman–Crippen MR) is 48.6 cm³/mol. The normalized spacial score (nSPS) is 22.4. The van der Waals surface area contributed by atoms with Crippen molar-refractivity contribution in [1.29, 1.82) is 0 Å². The van der Waals surface area contributed by atoms with Crippen molar-refractivity contribution in [3.63, 3.8) is 0 Å². The number of nitrogens with zero attached hydrogens (tertiary/aromatic N) is 3. The van der Waals surface area contributed by atoms with Crippen molar-refractivity contribution in [3.8, 4) is 0 Å². The number of piperidine rings is 1. The van der Waals surface area contributed by atoms with Crippen molar-refractivity contribution in [1.82, 2.24) is 15.2 Å². The molecule has 1 amide bonds. The molecule has 0 N–H and O–H groups in total. The van der Waals surface area contributed by atoms with E-state index in [4.69, 9.17) is 0 Å². The molecule has 1 fully saturated rings. The first-order valence-corrected chi connectivity index (χ1v) is 4.87. The van der Waals surface area contributed by atoms with Gasteiger partial charge in [0.05, 0.1) is 0 Å². The summed E-state index contributed by atoms with van der Waals surface area (Å²) in [6.45, 7) is 2.87. The zero-order chi connectivity index (χ0) is 9.97. The maximum Gasteiger partial charge on any atom is 0.278 e. The number of hydrogen-bond donors (Lipinski definition) is 0. The molecule has 14 heavy (non-hydrogen) atoms. The van der Waals surface area contributed by atoms with Gasteiger partial charge in [-0.15, -0.1) is 0 Å². The second kappa shape index (κ2) is 3.77. The van der Waals surface area contributed by atoms with Gasteiger partial charge in [-0.1, -0.05) is 5.16 Å². The lowest BCUT2D eigenvalue weighted by Gasteiger charge is -2.32. The lowest BCUT2D eigenvalue weighted by atomic mass is 10.0. The quantitative estimate of drug-likeness (QED) is 0.672. The predicted octanol–water partition coefficient (Wildman–Crippen LogP) is 1.08. The molecule has 2 heterocycles. The summed E-state index contributed by atoms with van der Waals surface area (Å²) in [5.74, 6) is -0.0709. The number of amides is 1. The molecule has 0 radical (unpaired) electrons. The number of hydrogen-bond acceptors (Lipinski definition) is 4. The van der Waals surface area contributed by atoms with Gasteiger partial charge in [0.25, 0.3) is 5.91 Å². The van der Waals surface area contributed by atoms with Gasteiger partial charge in [0.15, 0.2) is 5.69 Å². The van der Waals surface area contributed by atoms with Crippen LogP contribution in [-0.2, 0) is 0 Å². The number of rotatable bonds is 1. The fourth-order valence-corrected chi connectivity index (χ4v) is 1.81. The SMILES string of the molecule is CC1CCCCN1C(=O)c1cnon1. The van der Waals surface area contributed by atoms with Crippen molar-refractivity contribution >= 4 is 5.91 Å². The van der Waals surface area contributed by atoms with Crippen LogP contribution < -0.4 is 0 Å². The van der Waals surface area contributed by atoms with E-state index < -0.39 is 0 Å². The molecule has 2 rings (SSSR count). The van der Waals surface area contributed by atoms with E-state index in [2.05, 4.69) is 21.9 Å². The maximum absolute atomic E-state index is 11.8. The summed E-state index contributed by atoms with van der Waals surface area (Å²) in [5.41, 5.74) is 0.304. The van der Waals surface area contributed by atoms with Gasteiger partial charge in [-0.3, -0.25) is 4.79 Å². The Labute approximate surface area is 82.0 Å². The van der Waals surface area contributed by atoms with E-state index in [1.165, 1.54) is 12.6 Å². The molecule has 1 aliphatic rings. The zero-order valence-electron chi connectivity index (χ0n) is 8.14. The maximum atomic E-state index is 11.8. The van der Waals surface area contributed by atoms with E-state index >= 15 is 0 Å². The van der Waals surface area contributed by atoms with Crippen molar-refractivity contribution in [2.75, 3.05) is 6.54 Å². The molecule has 1 aromatic heterocycles. The monoisotopic (exact) mass is 195 g/mol. The molecule has 0 bridgehead atoms. The lowest BCUT2D eigenvalue weighted by molar-refractivity contribution is 0.0624. The zero-order valence-corrected chi connectivity index (χ0v) is 8.14. The van der Waals surface area contributed by atoms with Gasteiger partial charge in [-0.25, -0.2) is 4.63 Å². The Morgan fingerprint density at radius 3 is 3.14 bits per heavy atom. The minimum absolute atomic E-state index is 0.0709. The minimum atomic E-state index is -0.0709. The van der Waals surface area contributed by atoms with Gasteiger partial charge >= 0.3 is 0 Å². The van der Waals surface area contributed by atoms with Gasteiger partial charge in [0.2, 0.25) is 0 Å². The molecule has 0 aliphatic carbocycles. The second-order valence-electron chi connectivity index (χ2n) is 3.64. The van der Waals surface area contributed by atoms with E-state index in [-0.39, 0.29) is 5.91 Å². The van der Waals surface area contributed by atoms with Crippen LogP contribution >= 0.6 is 0 Å². The number of aromatic nitrogens is 2. The summed E-state index contributed by atoms with van der Waals surface area (Å²) >= 11 is 0. The molecule has 1 unspecified atom stereocenters. The third-order valence-electron chi connectivity index (χ3n) is 2.64. The van der Waals surface area contributed by atoms with Crippen LogP contribution in [0.4, 0.5) is 0 Å². The molecular formula is C9H13N3O2. The molecule has 1 aromatic rings. The van der Waals surface area contributed by atoms with Crippen molar-refractivity contribution in [3.05, 3.63) is 11.9 Å². The van der Waals surface area contributed by atoms with E-state index in [0.29, 0.717) is 11.7 Å². The van der Waals surface area contributed by atoms with Gasteiger partial charge < -0.3 is 4.90 Å². The standard InChI is InChI=1S/C9H13N3O2/c1-7-4-2-3-5-12(7)9(13)8-6-10-14-11-8/h6-7H,2-5H2,1H3. The van der Waals surface area contributed by atoms with Crippen LogP contribution in [-0.4, -0.2) is 33.7 Å². The van der Waals surface area contributed by atoms with Crippen molar-refractivity contribution in [2.45, 2.75) is 32.2 Å². The van der Waals surface area contributed by atoms with Crippen LogP contribution in [0.2, 0.25) is 0 Å². The summed E-state index contributed by atoms with van der Waals surface area (Å²) < 4.78 is 4.41. The van der Waals surface area contributed by atoms with Crippen LogP contribution in [0, 0.1) is 0 Å². The Kier molecular flexibility index (Phi) is 2.47. The van der Waals surface area contributed by atoms with E-state index in [1.807, 2.05) is 4.90 Å². The molecule has 5 heteroatoms. The molecule has 1 aliphatic heterocycles. The Hall–Kier alpha value is -1.39. The average molecular weight is 195 g/mol. The second-order valence-corrected chi connectivity index (χ2v) is 3.64. The van der Waals surface area contributed by atoms with Crippen LogP contribution in [0.15, 0.2) is 10.8 Å². The molecule has 1 saturated heterocycles. The highest BCUT2D eigenvalue weighted by molar-refractivity contribution is 5.92. The Bertz CT molecular complexity index is 310. The number of carbonyl (C=O) groups is 1. The van der Waals surface area contributed by atoms with Crippen LogP contribution in [0.1, 0.15) is 36.7 Å². The fraction of sp³-hybridized carbons (Fsp3) is 0.667. The van der Waals surface area contributed by atoms with Crippen LogP contribution in [0.5, 0.6) is 0 Å². The first-order chi connectivity index (χ1) is 6.79. The van der Waals surface area contributed by atoms with Crippen molar-refractivity contribution in [2.24, 2.45) is 0 Å². The summed E-state index contributed by atoms with van der Waals surface area (Å²) in [7, 11) is 0. The molecule has 76 valence electrons. The number of likely N-dealkylation sites (tertiary alicyclic amines) is 1. The Balaban J connectivity index is 2.10. The minimum Gasteiger partial charge on any atom is -0.334 e. The first-order valence-electron chi connectivity index (χ1n) is 4.87. The van der Waals surface area contributed by atoms with Gasteiger partial charge in [0.1, 0.15) is 6.20 Å². The topological polar surface area (TPSA) is 59.2 Å². The Morgan fingerprint density at radius 1 is 1.64 bits per heavy atom. The molecule has 0 aromatic carbocycles. The highest BCUT2D eigenvalue weighted by Crippen LogP contribution is 2.18. The van der Waals surface area contributed by atoms with Gasteiger partial charge in [-0.05, 0) is 31.3 Å². The van der Waals surface area contributed by atoms with E-state index in [9.17, 15) is 4.79 Å². The highest BCUT2D eigenvalue weighted by Gasteiger charge is 2.25. The molecular weight excluding hydrogens is 182 g/mol. The molecule has 1 atom stereocenters. The summed E-state index contributed by atoms with van der Waals surface area (Å²) in [6, 6.07) is 0.299.